The van der Waals surface area contributed by atoms with Gasteiger partial charge in [0.25, 0.3) is 0 Å². The Kier molecular flexibility index (Phi) is 2.92. The van der Waals surface area contributed by atoms with E-state index in [0.717, 1.165) is 5.56 Å². The quantitative estimate of drug-likeness (QED) is 0.812. The predicted octanol–water partition coefficient (Wildman–Crippen LogP) is 2.39. The standard InChI is InChI=1S/C11H10ClN3O/c1-16-10-8(7-5-3-2-4-6-7)9(12)14-11(13)15-10/h2-6H,1H3,(H2,13,14,15). The molecule has 0 aliphatic heterocycles. The second kappa shape index (κ2) is 4.37. The molecule has 16 heavy (non-hydrogen) atoms. The van der Waals surface area contributed by atoms with E-state index in [1.165, 1.54) is 7.11 Å². The fraction of sp³-hybridized carbons (Fsp3) is 0.0909. The molecule has 0 saturated heterocycles. The van der Waals surface area contributed by atoms with Crippen LogP contribution in [0.1, 0.15) is 0 Å². The van der Waals surface area contributed by atoms with Gasteiger partial charge in [-0.3, -0.25) is 0 Å². The summed E-state index contributed by atoms with van der Waals surface area (Å²) in [5.74, 6) is 0.477. The van der Waals surface area contributed by atoms with E-state index in [9.17, 15) is 0 Å². The molecule has 4 nitrogen and oxygen atoms in total. The van der Waals surface area contributed by atoms with Crippen LogP contribution in [0.5, 0.6) is 5.88 Å². The molecule has 0 radical (unpaired) electrons. The molecular formula is C11H10ClN3O. The minimum atomic E-state index is 0.0986. The Bertz CT molecular complexity index is 502. The van der Waals surface area contributed by atoms with Gasteiger partial charge in [-0.05, 0) is 5.56 Å². The van der Waals surface area contributed by atoms with Gasteiger partial charge in [0.2, 0.25) is 11.8 Å². The van der Waals surface area contributed by atoms with Crippen LogP contribution in [0.4, 0.5) is 5.95 Å². The SMILES string of the molecule is COc1nc(N)nc(Cl)c1-c1ccccc1. The number of ether oxygens (including phenoxy) is 1. The largest absolute Gasteiger partial charge is 0.480 e. The van der Waals surface area contributed by atoms with Crippen molar-refractivity contribution in [1.29, 1.82) is 0 Å². The first-order valence-corrected chi connectivity index (χ1v) is 5.02. The number of anilines is 1. The molecule has 0 amide bonds. The van der Waals surface area contributed by atoms with Gasteiger partial charge in [0, 0.05) is 0 Å². The van der Waals surface area contributed by atoms with Crippen LogP contribution >= 0.6 is 11.6 Å². The number of benzene rings is 1. The van der Waals surface area contributed by atoms with Crippen molar-refractivity contribution in [2.75, 3.05) is 12.8 Å². The van der Waals surface area contributed by atoms with Crippen LogP contribution in [-0.2, 0) is 0 Å². The van der Waals surface area contributed by atoms with Gasteiger partial charge in [0.15, 0.2) is 0 Å². The van der Waals surface area contributed by atoms with Crippen molar-refractivity contribution in [2.45, 2.75) is 0 Å². The number of rotatable bonds is 2. The normalized spacial score (nSPS) is 10.1. The topological polar surface area (TPSA) is 61.0 Å². The molecular weight excluding hydrogens is 226 g/mol. The van der Waals surface area contributed by atoms with E-state index in [4.69, 9.17) is 22.1 Å². The number of hydrogen-bond acceptors (Lipinski definition) is 4. The summed E-state index contributed by atoms with van der Waals surface area (Å²) in [6, 6.07) is 9.54. The Morgan fingerprint density at radius 3 is 2.50 bits per heavy atom. The van der Waals surface area contributed by atoms with Crippen LogP contribution in [0.25, 0.3) is 11.1 Å². The van der Waals surface area contributed by atoms with Crippen molar-refractivity contribution >= 4 is 17.5 Å². The molecule has 0 atom stereocenters. The third-order valence-corrected chi connectivity index (χ3v) is 2.38. The van der Waals surface area contributed by atoms with Crippen LogP contribution in [-0.4, -0.2) is 17.1 Å². The van der Waals surface area contributed by atoms with Crippen molar-refractivity contribution in [2.24, 2.45) is 0 Å². The third kappa shape index (κ3) is 1.92. The Morgan fingerprint density at radius 2 is 1.88 bits per heavy atom. The van der Waals surface area contributed by atoms with E-state index in [0.29, 0.717) is 11.4 Å². The summed E-state index contributed by atoms with van der Waals surface area (Å²) >= 11 is 6.04. The second-order valence-corrected chi connectivity index (χ2v) is 3.48. The van der Waals surface area contributed by atoms with E-state index < -0.39 is 0 Å². The molecule has 0 aliphatic carbocycles. The highest BCUT2D eigenvalue weighted by molar-refractivity contribution is 6.32. The Balaban J connectivity index is 2.64. The lowest BCUT2D eigenvalue weighted by molar-refractivity contribution is 0.399. The van der Waals surface area contributed by atoms with E-state index in [1.54, 1.807) is 0 Å². The fourth-order valence-corrected chi connectivity index (χ4v) is 1.70. The summed E-state index contributed by atoms with van der Waals surface area (Å²) in [7, 11) is 1.52. The minimum absolute atomic E-state index is 0.0986. The second-order valence-electron chi connectivity index (χ2n) is 3.12. The van der Waals surface area contributed by atoms with E-state index in [1.807, 2.05) is 30.3 Å². The molecule has 2 N–H and O–H groups in total. The summed E-state index contributed by atoms with van der Waals surface area (Å²) < 4.78 is 5.15. The maximum absolute atomic E-state index is 6.04. The molecule has 2 rings (SSSR count). The number of nitrogens with zero attached hydrogens (tertiary/aromatic N) is 2. The number of nitrogen functional groups attached to an aromatic ring is 1. The highest BCUT2D eigenvalue weighted by atomic mass is 35.5. The Labute approximate surface area is 98.0 Å². The first-order valence-electron chi connectivity index (χ1n) is 4.65. The van der Waals surface area contributed by atoms with Crippen LogP contribution in [0.2, 0.25) is 5.15 Å². The molecule has 1 aromatic carbocycles. The highest BCUT2D eigenvalue weighted by Gasteiger charge is 2.14. The van der Waals surface area contributed by atoms with E-state index >= 15 is 0 Å². The Morgan fingerprint density at radius 1 is 1.19 bits per heavy atom. The third-order valence-electron chi connectivity index (χ3n) is 2.10. The smallest absolute Gasteiger partial charge is 0.227 e. The molecule has 82 valence electrons. The molecule has 0 fully saturated rings. The zero-order valence-electron chi connectivity index (χ0n) is 8.64. The number of methoxy groups -OCH3 is 1. The van der Waals surface area contributed by atoms with Crippen molar-refractivity contribution in [3.8, 4) is 17.0 Å². The van der Waals surface area contributed by atoms with Crippen molar-refractivity contribution in [3.05, 3.63) is 35.5 Å². The summed E-state index contributed by atoms with van der Waals surface area (Å²) in [4.78, 5) is 7.90. The highest BCUT2D eigenvalue weighted by Crippen LogP contribution is 2.34. The maximum Gasteiger partial charge on any atom is 0.227 e. The van der Waals surface area contributed by atoms with Crippen LogP contribution in [0.15, 0.2) is 30.3 Å². The lowest BCUT2D eigenvalue weighted by Crippen LogP contribution is -2.00. The van der Waals surface area contributed by atoms with Gasteiger partial charge in [-0.15, -0.1) is 0 Å². The maximum atomic E-state index is 6.04. The molecule has 1 aromatic heterocycles. The monoisotopic (exact) mass is 235 g/mol. The van der Waals surface area contributed by atoms with Gasteiger partial charge in [-0.25, -0.2) is 4.98 Å². The number of halogens is 1. The molecule has 1 heterocycles. The van der Waals surface area contributed by atoms with Gasteiger partial charge >= 0.3 is 0 Å². The average Bonchev–Trinajstić information content (AvgIpc) is 2.29. The summed E-state index contributed by atoms with van der Waals surface area (Å²) in [5.41, 5.74) is 7.04. The number of hydrogen-bond donors (Lipinski definition) is 1. The lowest BCUT2D eigenvalue weighted by Gasteiger charge is -2.09. The van der Waals surface area contributed by atoms with E-state index in [2.05, 4.69) is 9.97 Å². The zero-order valence-corrected chi connectivity index (χ0v) is 9.40. The average molecular weight is 236 g/mol. The lowest BCUT2D eigenvalue weighted by atomic mass is 10.1. The minimum Gasteiger partial charge on any atom is -0.480 e. The molecule has 0 spiro atoms. The van der Waals surface area contributed by atoms with Gasteiger partial charge < -0.3 is 10.5 Å². The zero-order chi connectivity index (χ0) is 11.5. The molecule has 2 aromatic rings. The van der Waals surface area contributed by atoms with Gasteiger partial charge in [-0.2, -0.15) is 4.98 Å². The first kappa shape index (κ1) is 10.7. The van der Waals surface area contributed by atoms with Gasteiger partial charge in [0.05, 0.1) is 12.7 Å². The van der Waals surface area contributed by atoms with Gasteiger partial charge in [0.1, 0.15) is 5.15 Å². The molecule has 5 heteroatoms. The van der Waals surface area contributed by atoms with Crippen molar-refractivity contribution in [3.63, 3.8) is 0 Å². The first-order chi connectivity index (χ1) is 7.72. The summed E-state index contributed by atoms with van der Waals surface area (Å²) in [6.07, 6.45) is 0. The van der Waals surface area contributed by atoms with Crippen molar-refractivity contribution < 1.29 is 4.74 Å². The summed E-state index contributed by atoms with van der Waals surface area (Å²) in [5, 5.41) is 0.288. The Hall–Kier alpha value is -1.81. The van der Waals surface area contributed by atoms with Crippen LogP contribution in [0.3, 0.4) is 0 Å². The van der Waals surface area contributed by atoms with Crippen LogP contribution in [0, 0.1) is 0 Å². The predicted molar refractivity (Wildman–Crippen MR) is 63.4 cm³/mol. The number of nitrogens with two attached hydrogens (primary N) is 1. The number of aromatic nitrogens is 2. The fourth-order valence-electron chi connectivity index (χ4n) is 1.42. The molecule has 0 aliphatic rings. The van der Waals surface area contributed by atoms with Crippen molar-refractivity contribution in [1.82, 2.24) is 9.97 Å². The van der Waals surface area contributed by atoms with Crippen LogP contribution < -0.4 is 10.5 Å². The van der Waals surface area contributed by atoms with Gasteiger partial charge in [-0.1, -0.05) is 41.9 Å². The molecule has 0 saturated carbocycles. The van der Waals surface area contributed by atoms with E-state index in [-0.39, 0.29) is 11.1 Å². The molecule has 0 bridgehead atoms. The summed E-state index contributed by atoms with van der Waals surface area (Å²) in [6.45, 7) is 0. The molecule has 0 unspecified atom stereocenters.